The molecule has 6 heteroatoms. The largest absolute Gasteiger partial charge is 0.481 e. The van der Waals surface area contributed by atoms with E-state index in [1.165, 1.54) is 83.7 Å². The number of hydrogen-bond donors (Lipinski definition) is 3. The van der Waals surface area contributed by atoms with Gasteiger partial charge in [0.25, 0.3) is 0 Å². The fourth-order valence-electron chi connectivity index (χ4n) is 3.38. The number of aliphatic carboxylic acids is 2. The van der Waals surface area contributed by atoms with E-state index in [0.29, 0.717) is 0 Å². The molecule has 25 heavy (non-hydrogen) atoms. The average Bonchev–Trinajstić information content (AvgIpc) is 2.47. The zero-order valence-corrected chi connectivity index (χ0v) is 15.3. The lowest BCUT2D eigenvalue weighted by Crippen LogP contribution is -2.47. The van der Waals surface area contributed by atoms with Gasteiger partial charge in [-0.25, -0.2) is 9.80 Å². The van der Waals surface area contributed by atoms with Gasteiger partial charge in [0.1, 0.15) is 0 Å². The molecule has 0 aromatic carbocycles. The van der Waals surface area contributed by atoms with Gasteiger partial charge in [-0.05, 0) is 25.7 Å². The van der Waals surface area contributed by atoms with Crippen molar-refractivity contribution in [3.8, 4) is 0 Å². The summed E-state index contributed by atoms with van der Waals surface area (Å²) in [7, 11) is 0. The molecule has 1 aliphatic carbocycles. The van der Waals surface area contributed by atoms with E-state index in [1.54, 1.807) is 0 Å². The van der Waals surface area contributed by atoms with Crippen LogP contribution in [0.3, 0.4) is 0 Å². The van der Waals surface area contributed by atoms with Crippen LogP contribution in [0.5, 0.6) is 0 Å². The third kappa shape index (κ3) is 10.2. The van der Waals surface area contributed by atoms with Crippen molar-refractivity contribution in [1.82, 2.24) is 10.4 Å². The Morgan fingerprint density at radius 2 is 1.48 bits per heavy atom. The molecule has 0 aromatic rings. The molecule has 2 rings (SSSR count). The molecule has 0 amide bonds. The molecule has 0 unspecified atom stereocenters. The number of nitrogens with one attached hydrogen (secondary N) is 1. The van der Waals surface area contributed by atoms with Crippen molar-refractivity contribution in [2.75, 3.05) is 13.1 Å². The van der Waals surface area contributed by atoms with E-state index in [-0.39, 0.29) is 5.57 Å². The van der Waals surface area contributed by atoms with Crippen LogP contribution >= 0.6 is 0 Å². The number of rotatable bonds is 4. The second-order valence-electron chi connectivity index (χ2n) is 6.99. The lowest BCUT2D eigenvalue weighted by molar-refractivity contribution is -0.139. The Labute approximate surface area is 151 Å². The van der Waals surface area contributed by atoms with E-state index >= 15 is 0 Å². The van der Waals surface area contributed by atoms with Gasteiger partial charge in [0.2, 0.25) is 0 Å². The highest BCUT2D eigenvalue weighted by Gasteiger charge is 2.19. The second-order valence-corrected chi connectivity index (χ2v) is 6.99. The number of carboxylic acids is 2. The van der Waals surface area contributed by atoms with Crippen molar-refractivity contribution < 1.29 is 19.8 Å². The normalized spacial score (nSPS) is 20.8. The minimum absolute atomic E-state index is 0.303. The summed E-state index contributed by atoms with van der Waals surface area (Å²) in [5, 5.41) is 18.7. The van der Waals surface area contributed by atoms with Crippen LogP contribution in [-0.2, 0) is 9.59 Å². The Balaban J connectivity index is 0.000000299. The summed E-state index contributed by atoms with van der Waals surface area (Å²) >= 11 is 0. The number of nitrogens with zero attached hydrogens (tertiary/aromatic N) is 1. The van der Waals surface area contributed by atoms with E-state index in [0.717, 1.165) is 6.04 Å². The molecule has 1 aliphatic heterocycles. The van der Waals surface area contributed by atoms with Crippen molar-refractivity contribution in [1.29, 1.82) is 0 Å². The Kier molecular flexibility index (Phi) is 11.2. The fourth-order valence-corrected chi connectivity index (χ4v) is 3.38. The van der Waals surface area contributed by atoms with Crippen LogP contribution < -0.4 is 5.43 Å². The first-order valence-corrected chi connectivity index (χ1v) is 9.63. The van der Waals surface area contributed by atoms with Crippen LogP contribution in [0.4, 0.5) is 0 Å². The summed E-state index contributed by atoms with van der Waals surface area (Å²) in [5.41, 5.74) is 3.37. The molecule has 0 radical (unpaired) electrons. The minimum atomic E-state index is -1.27. The van der Waals surface area contributed by atoms with Crippen LogP contribution in [-0.4, -0.2) is 46.3 Å². The van der Waals surface area contributed by atoms with Gasteiger partial charge in [-0.1, -0.05) is 51.5 Å². The highest BCUT2D eigenvalue weighted by atomic mass is 16.4. The molecule has 1 saturated heterocycles. The van der Waals surface area contributed by atoms with Gasteiger partial charge >= 0.3 is 11.9 Å². The first-order valence-electron chi connectivity index (χ1n) is 9.63. The summed E-state index contributed by atoms with van der Waals surface area (Å²) in [4.78, 5) is 19.7. The van der Waals surface area contributed by atoms with Gasteiger partial charge in [0.05, 0.1) is 6.42 Å². The third-order valence-electron chi connectivity index (χ3n) is 4.82. The van der Waals surface area contributed by atoms with Gasteiger partial charge in [-0.3, -0.25) is 10.2 Å². The number of hydrogen-bond acceptors (Lipinski definition) is 4. The van der Waals surface area contributed by atoms with Gasteiger partial charge in [-0.15, -0.1) is 0 Å². The molecule has 2 aliphatic rings. The fraction of sp³-hybridized carbons (Fsp3) is 0.789. The average molecular weight is 354 g/mol. The summed E-state index contributed by atoms with van der Waals surface area (Å²) in [6.45, 7) is 5.50. The first kappa shape index (κ1) is 21.6. The van der Waals surface area contributed by atoms with E-state index in [2.05, 4.69) is 17.0 Å². The SMILES string of the molecule is C1CCCC(N2CCCCCCN2)CCC1.C=C(CC(=O)O)C(=O)O. The number of carboxylic acid groups (broad SMARTS) is 2. The third-order valence-corrected chi connectivity index (χ3v) is 4.82. The van der Waals surface area contributed by atoms with E-state index in [9.17, 15) is 9.59 Å². The Bertz CT molecular complexity index is 390. The maximum Gasteiger partial charge on any atom is 0.331 e. The molecule has 144 valence electrons. The van der Waals surface area contributed by atoms with Crippen LogP contribution in [0, 0.1) is 0 Å². The zero-order chi connectivity index (χ0) is 18.5. The maximum absolute atomic E-state index is 9.87. The van der Waals surface area contributed by atoms with E-state index in [1.807, 2.05) is 0 Å². The molecule has 0 atom stereocenters. The Morgan fingerprint density at radius 3 is 2.04 bits per heavy atom. The van der Waals surface area contributed by atoms with Crippen molar-refractivity contribution >= 4 is 11.9 Å². The predicted octanol–water partition coefficient (Wildman–Crippen LogP) is 3.58. The smallest absolute Gasteiger partial charge is 0.331 e. The van der Waals surface area contributed by atoms with Crippen molar-refractivity contribution in [2.45, 2.75) is 83.1 Å². The minimum Gasteiger partial charge on any atom is -0.481 e. The second kappa shape index (κ2) is 12.9. The topological polar surface area (TPSA) is 89.9 Å². The van der Waals surface area contributed by atoms with Crippen LogP contribution in [0.25, 0.3) is 0 Å². The maximum atomic E-state index is 9.87. The van der Waals surface area contributed by atoms with E-state index in [4.69, 9.17) is 10.2 Å². The number of hydrazine groups is 1. The first-order chi connectivity index (χ1) is 12.0. The molecule has 0 spiro atoms. The zero-order valence-electron chi connectivity index (χ0n) is 15.3. The molecule has 0 aromatic heterocycles. The quantitative estimate of drug-likeness (QED) is 0.669. The Morgan fingerprint density at radius 1 is 0.920 bits per heavy atom. The summed E-state index contributed by atoms with van der Waals surface area (Å²) in [6, 6.07) is 0.832. The predicted molar refractivity (Wildman–Crippen MR) is 98.3 cm³/mol. The molecule has 1 saturated carbocycles. The monoisotopic (exact) mass is 354 g/mol. The van der Waals surface area contributed by atoms with Crippen LogP contribution in [0.1, 0.15) is 77.0 Å². The molecule has 6 nitrogen and oxygen atoms in total. The highest BCUT2D eigenvalue weighted by Crippen LogP contribution is 2.21. The molecule has 3 N–H and O–H groups in total. The lowest BCUT2D eigenvalue weighted by atomic mass is 9.96. The van der Waals surface area contributed by atoms with Crippen molar-refractivity contribution in [3.05, 3.63) is 12.2 Å². The van der Waals surface area contributed by atoms with Crippen molar-refractivity contribution in [3.63, 3.8) is 0 Å². The van der Waals surface area contributed by atoms with E-state index < -0.39 is 18.4 Å². The molecule has 1 heterocycles. The van der Waals surface area contributed by atoms with Crippen LogP contribution in [0.15, 0.2) is 12.2 Å². The van der Waals surface area contributed by atoms with Gasteiger partial charge in [-0.2, -0.15) is 0 Å². The summed E-state index contributed by atoms with van der Waals surface area (Å²) in [6.07, 6.45) is 15.2. The van der Waals surface area contributed by atoms with Crippen LogP contribution in [0.2, 0.25) is 0 Å². The van der Waals surface area contributed by atoms with Gasteiger partial charge < -0.3 is 10.2 Å². The molecule has 2 fully saturated rings. The molecular weight excluding hydrogens is 320 g/mol. The van der Waals surface area contributed by atoms with Gasteiger partial charge in [0, 0.05) is 24.7 Å². The van der Waals surface area contributed by atoms with Gasteiger partial charge in [0.15, 0.2) is 0 Å². The summed E-state index contributed by atoms with van der Waals surface area (Å²) < 4.78 is 0. The highest BCUT2D eigenvalue weighted by molar-refractivity contribution is 5.91. The Hall–Kier alpha value is -1.40. The summed E-state index contributed by atoms with van der Waals surface area (Å²) in [5.74, 6) is -2.44. The van der Waals surface area contributed by atoms with Crippen molar-refractivity contribution in [2.24, 2.45) is 0 Å². The molecular formula is C19H34N2O4. The number of carbonyl (C=O) groups is 2. The molecule has 0 bridgehead atoms. The lowest BCUT2D eigenvalue weighted by Gasteiger charge is -2.34. The standard InChI is InChI=1S/C14H28N2.C5H6O4/c1-2-6-10-14(11-7-3-1)16-13-9-5-4-8-12-15-16;1-3(5(8)9)2-4(6)7/h14-15H,1-13H2;1-2H2,(H,6,7)(H,8,9).